The summed E-state index contributed by atoms with van der Waals surface area (Å²) < 4.78 is 1.87. The topological polar surface area (TPSA) is 21.1 Å². The SMILES string of the molecule is CC(C)N(Cc1ccccc1)Cn1cc(Cl)cn1. The summed E-state index contributed by atoms with van der Waals surface area (Å²) in [6.45, 7) is 6.04. The van der Waals surface area contributed by atoms with Crippen LogP contribution in [0.1, 0.15) is 19.4 Å². The Kier molecular flexibility index (Phi) is 4.39. The molecule has 0 N–H and O–H groups in total. The van der Waals surface area contributed by atoms with Gasteiger partial charge in [0.25, 0.3) is 0 Å². The van der Waals surface area contributed by atoms with E-state index in [1.54, 1.807) is 6.20 Å². The first-order valence-corrected chi connectivity index (χ1v) is 6.49. The van der Waals surface area contributed by atoms with E-state index in [2.05, 4.69) is 48.1 Å². The molecule has 1 aromatic heterocycles. The Labute approximate surface area is 113 Å². The maximum atomic E-state index is 5.88. The Morgan fingerprint density at radius 3 is 2.56 bits per heavy atom. The van der Waals surface area contributed by atoms with Gasteiger partial charge >= 0.3 is 0 Å². The van der Waals surface area contributed by atoms with Crippen molar-refractivity contribution in [2.24, 2.45) is 0 Å². The van der Waals surface area contributed by atoms with Crippen LogP contribution in [0.15, 0.2) is 42.7 Å². The first-order valence-electron chi connectivity index (χ1n) is 6.11. The summed E-state index contributed by atoms with van der Waals surface area (Å²) in [7, 11) is 0. The lowest BCUT2D eigenvalue weighted by molar-refractivity contribution is 0.154. The number of halogens is 1. The van der Waals surface area contributed by atoms with Gasteiger partial charge in [0.2, 0.25) is 0 Å². The maximum Gasteiger partial charge on any atom is 0.0934 e. The minimum Gasteiger partial charge on any atom is -0.278 e. The second kappa shape index (κ2) is 6.03. The fourth-order valence-electron chi connectivity index (χ4n) is 1.82. The van der Waals surface area contributed by atoms with Crippen molar-refractivity contribution in [3.05, 3.63) is 53.3 Å². The molecule has 0 bridgehead atoms. The van der Waals surface area contributed by atoms with Crippen LogP contribution in [0, 0.1) is 0 Å². The van der Waals surface area contributed by atoms with Crippen LogP contribution in [-0.2, 0) is 13.2 Å². The van der Waals surface area contributed by atoms with E-state index in [4.69, 9.17) is 11.6 Å². The molecule has 0 atom stereocenters. The molecule has 18 heavy (non-hydrogen) atoms. The Morgan fingerprint density at radius 1 is 1.28 bits per heavy atom. The van der Waals surface area contributed by atoms with Gasteiger partial charge in [-0.15, -0.1) is 0 Å². The van der Waals surface area contributed by atoms with Gasteiger partial charge < -0.3 is 0 Å². The van der Waals surface area contributed by atoms with Gasteiger partial charge in [-0.25, -0.2) is 0 Å². The predicted molar refractivity (Wildman–Crippen MR) is 74.4 cm³/mol. The molecular formula is C14H18ClN3. The molecule has 0 saturated carbocycles. The van der Waals surface area contributed by atoms with E-state index in [9.17, 15) is 0 Å². The van der Waals surface area contributed by atoms with Crippen LogP contribution in [0.3, 0.4) is 0 Å². The van der Waals surface area contributed by atoms with Crippen molar-refractivity contribution in [1.29, 1.82) is 0 Å². The lowest BCUT2D eigenvalue weighted by Crippen LogP contribution is -2.32. The Morgan fingerprint density at radius 2 is 2.00 bits per heavy atom. The van der Waals surface area contributed by atoms with Crippen molar-refractivity contribution < 1.29 is 0 Å². The van der Waals surface area contributed by atoms with Crippen LogP contribution in [0.4, 0.5) is 0 Å². The monoisotopic (exact) mass is 263 g/mol. The summed E-state index contributed by atoms with van der Waals surface area (Å²) >= 11 is 5.88. The molecule has 4 heteroatoms. The minimum atomic E-state index is 0.452. The van der Waals surface area contributed by atoms with Crippen LogP contribution < -0.4 is 0 Å². The van der Waals surface area contributed by atoms with Crippen LogP contribution in [0.2, 0.25) is 5.02 Å². The average molecular weight is 264 g/mol. The highest BCUT2D eigenvalue weighted by Crippen LogP contribution is 2.11. The molecule has 2 rings (SSSR count). The average Bonchev–Trinajstić information content (AvgIpc) is 2.75. The van der Waals surface area contributed by atoms with Gasteiger partial charge in [0.05, 0.1) is 17.9 Å². The van der Waals surface area contributed by atoms with E-state index in [-0.39, 0.29) is 0 Å². The van der Waals surface area contributed by atoms with E-state index in [0.717, 1.165) is 13.2 Å². The van der Waals surface area contributed by atoms with Gasteiger partial charge in [-0.3, -0.25) is 9.58 Å². The van der Waals surface area contributed by atoms with Crippen molar-refractivity contribution in [3.63, 3.8) is 0 Å². The standard InChI is InChI=1S/C14H18ClN3/c1-12(2)17(9-13-6-4-3-5-7-13)11-18-10-14(15)8-16-18/h3-8,10,12H,9,11H2,1-2H3. The molecule has 3 nitrogen and oxygen atoms in total. The summed E-state index contributed by atoms with van der Waals surface area (Å²) in [4.78, 5) is 2.35. The Hall–Kier alpha value is -1.32. The molecule has 0 fully saturated rings. The predicted octanol–water partition coefficient (Wildman–Crippen LogP) is 3.40. The molecule has 0 saturated heterocycles. The smallest absolute Gasteiger partial charge is 0.0934 e. The lowest BCUT2D eigenvalue weighted by Gasteiger charge is -2.26. The first kappa shape index (κ1) is 13.1. The molecule has 0 radical (unpaired) electrons. The number of rotatable bonds is 5. The van der Waals surface area contributed by atoms with Crippen molar-refractivity contribution in [2.45, 2.75) is 33.1 Å². The molecule has 0 aliphatic rings. The molecule has 0 aliphatic heterocycles. The van der Waals surface area contributed by atoms with E-state index in [0.29, 0.717) is 11.1 Å². The molecule has 1 heterocycles. The molecule has 0 spiro atoms. The Bertz CT molecular complexity index is 479. The van der Waals surface area contributed by atoms with Crippen LogP contribution >= 0.6 is 11.6 Å². The zero-order chi connectivity index (χ0) is 13.0. The third kappa shape index (κ3) is 3.59. The summed E-state index contributed by atoms with van der Waals surface area (Å²) in [6, 6.07) is 10.9. The van der Waals surface area contributed by atoms with Crippen molar-refractivity contribution in [2.75, 3.05) is 0 Å². The van der Waals surface area contributed by atoms with Crippen molar-refractivity contribution in [3.8, 4) is 0 Å². The van der Waals surface area contributed by atoms with E-state index in [1.807, 2.05) is 16.9 Å². The van der Waals surface area contributed by atoms with Crippen molar-refractivity contribution >= 4 is 11.6 Å². The normalized spacial score (nSPS) is 11.4. The molecule has 1 aromatic carbocycles. The number of hydrogen-bond acceptors (Lipinski definition) is 2. The summed E-state index contributed by atoms with van der Waals surface area (Å²) in [5.41, 5.74) is 1.31. The zero-order valence-corrected chi connectivity index (χ0v) is 11.5. The highest BCUT2D eigenvalue weighted by Gasteiger charge is 2.11. The minimum absolute atomic E-state index is 0.452. The van der Waals surface area contributed by atoms with E-state index < -0.39 is 0 Å². The number of nitrogens with zero attached hydrogens (tertiary/aromatic N) is 3. The van der Waals surface area contributed by atoms with Crippen molar-refractivity contribution in [1.82, 2.24) is 14.7 Å². The molecule has 0 amide bonds. The van der Waals surface area contributed by atoms with Crippen LogP contribution in [-0.4, -0.2) is 20.7 Å². The van der Waals surface area contributed by atoms with Gasteiger partial charge in [0, 0.05) is 18.8 Å². The fourth-order valence-corrected chi connectivity index (χ4v) is 1.97. The van der Waals surface area contributed by atoms with Gasteiger partial charge in [-0.2, -0.15) is 5.10 Å². The fraction of sp³-hybridized carbons (Fsp3) is 0.357. The Balaban J connectivity index is 2.05. The quantitative estimate of drug-likeness (QED) is 0.824. The number of benzene rings is 1. The second-order valence-electron chi connectivity index (χ2n) is 4.67. The second-order valence-corrected chi connectivity index (χ2v) is 5.10. The van der Waals surface area contributed by atoms with Gasteiger partial charge in [0.15, 0.2) is 0 Å². The number of hydrogen-bond donors (Lipinski definition) is 0. The third-order valence-corrected chi connectivity index (χ3v) is 3.08. The van der Waals surface area contributed by atoms with E-state index in [1.165, 1.54) is 5.56 Å². The van der Waals surface area contributed by atoms with Gasteiger partial charge in [-0.05, 0) is 19.4 Å². The third-order valence-electron chi connectivity index (χ3n) is 2.89. The van der Waals surface area contributed by atoms with Gasteiger partial charge in [0.1, 0.15) is 0 Å². The van der Waals surface area contributed by atoms with Crippen LogP contribution in [0.25, 0.3) is 0 Å². The molecule has 0 unspecified atom stereocenters. The molecule has 2 aromatic rings. The molecule has 0 aliphatic carbocycles. The summed E-state index contributed by atoms with van der Waals surface area (Å²) in [5, 5.41) is 4.90. The van der Waals surface area contributed by atoms with Gasteiger partial charge in [-0.1, -0.05) is 41.9 Å². The lowest BCUT2D eigenvalue weighted by atomic mass is 10.2. The highest BCUT2D eigenvalue weighted by atomic mass is 35.5. The summed E-state index contributed by atoms with van der Waals surface area (Å²) in [6.07, 6.45) is 3.52. The van der Waals surface area contributed by atoms with Crippen LogP contribution in [0.5, 0.6) is 0 Å². The maximum absolute atomic E-state index is 5.88. The van der Waals surface area contributed by atoms with E-state index >= 15 is 0 Å². The zero-order valence-electron chi connectivity index (χ0n) is 10.8. The first-order chi connectivity index (χ1) is 8.65. The molecular weight excluding hydrogens is 246 g/mol. The highest BCUT2D eigenvalue weighted by molar-refractivity contribution is 6.30. The largest absolute Gasteiger partial charge is 0.278 e. The molecule has 96 valence electrons. The number of aromatic nitrogens is 2. The summed E-state index contributed by atoms with van der Waals surface area (Å²) in [5.74, 6) is 0.